The molecule has 2 aliphatic carbocycles. The molecule has 0 radical (unpaired) electrons. The molecular formula is C17H14Cl2FN3O6. The number of carbonyl (C=O) groups is 3. The number of benzene rings is 1. The predicted molar refractivity (Wildman–Crippen MR) is 95.1 cm³/mol. The van der Waals surface area contributed by atoms with E-state index in [0.717, 1.165) is 0 Å². The molecule has 0 saturated heterocycles. The van der Waals surface area contributed by atoms with E-state index in [9.17, 15) is 24.0 Å². The lowest BCUT2D eigenvalue weighted by molar-refractivity contribution is -0.173. The van der Waals surface area contributed by atoms with Crippen LogP contribution in [0.2, 0.25) is 10.0 Å². The summed E-state index contributed by atoms with van der Waals surface area (Å²) in [5.74, 6) is -4.40. The second-order valence-corrected chi connectivity index (χ2v) is 7.48. The van der Waals surface area contributed by atoms with Crippen molar-refractivity contribution in [2.45, 2.75) is 36.4 Å². The topological polar surface area (TPSA) is 155 Å². The Morgan fingerprint density at radius 1 is 1.28 bits per heavy atom. The summed E-state index contributed by atoms with van der Waals surface area (Å²) in [6.45, 7) is -0.0282. The third-order valence-corrected chi connectivity index (χ3v) is 5.81. The first kappa shape index (κ1) is 21.3. The van der Waals surface area contributed by atoms with Crippen LogP contribution in [-0.4, -0.2) is 41.4 Å². The predicted octanol–water partition coefficient (Wildman–Crippen LogP) is 1.38. The van der Waals surface area contributed by atoms with E-state index in [4.69, 9.17) is 38.4 Å². The van der Waals surface area contributed by atoms with Gasteiger partial charge in [-0.05, 0) is 24.1 Å². The first-order valence-corrected chi connectivity index (χ1v) is 8.96. The molecule has 2 saturated carbocycles. The fraction of sp³-hybridized carbons (Fsp3) is 0.412. The summed E-state index contributed by atoms with van der Waals surface area (Å²) in [4.78, 5) is 33.9. The molecule has 1 aromatic rings. The minimum Gasteiger partial charge on any atom is -0.444 e. The Labute approximate surface area is 173 Å². The van der Waals surface area contributed by atoms with Crippen LogP contribution in [0.3, 0.4) is 0 Å². The zero-order valence-corrected chi connectivity index (χ0v) is 16.1. The van der Waals surface area contributed by atoms with Crippen LogP contribution in [0.5, 0.6) is 0 Å². The highest BCUT2D eigenvalue weighted by atomic mass is 35.5. The quantitative estimate of drug-likeness (QED) is 0.399. The first-order valence-electron chi connectivity index (χ1n) is 8.21. The number of nitriles is 1. The summed E-state index contributed by atoms with van der Waals surface area (Å²) < 4.78 is 28.9. The summed E-state index contributed by atoms with van der Waals surface area (Å²) in [7, 11) is 0. The number of nitrogens with two attached hydrogens (primary N) is 2. The lowest BCUT2D eigenvalue weighted by Gasteiger charge is -2.33. The standard InChI is InChI=1S/C17H14Cl2FN3O6/c18-9-2-1-7(3-10(9)19)5-27-11-4-8-12(20)17(8,16(11,23)6-21)29-14(25)13(24)28-15(22)26/h1-3,8,11-12H,4-5,23H2,(H2,22,26)/t8-,11+,12+,16-,17-/m0/s1. The van der Waals surface area contributed by atoms with Crippen molar-refractivity contribution < 1.29 is 33.0 Å². The average Bonchev–Trinajstić information content (AvgIpc) is 3.12. The molecule has 2 fully saturated rings. The number of nitrogens with zero attached hydrogens (tertiary/aromatic N) is 1. The van der Waals surface area contributed by atoms with Gasteiger partial charge in [-0.25, -0.2) is 18.8 Å². The van der Waals surface area contributed by atoms with Crippen LogP contribution in [0.25, 0.3) is 0 Å². The van der Waals surface area contributed by atoms with Crippen LogP contribution in [-0.2, 0) is 30.4 Å². The van der Waals surface area contributed by atoms with Gasteiger partial charge in [0.15, 0.2) is 17.3 Å². The zero-order valence-electron chi connectivity index (χ0n) is 14.6. The Morgan fingerprint density at radius 3 is 2.55 bits per heavy atom. The van der Waals surface area contributed by atoms with E-state index in [1.54, 1.807) is 24.3 Å². The number of alkyl halides is 1. The summed E-state index contributed by atoms with van der Waals surface area (Å²) in [6, 6.07) is 6.49. The normalized spacial score (nSPS) is 32.0. The monoisotopic (exact) mass is 445 g/mol. The highest BCUT2D eigenvalue weighted by Gasteiger charge is 2.86. The largest absolute Gasteiger partial charge is 0.444 e. The Morgan fingerprint density at radius 2 is 1.97 bits per heavy atom. The number of ether oxygens (including phenoxy) is 3. The van der Waals surface area contributed by atoms with Crippen LogP contribution >= 0.6 is 23.2 Å². The average molecular weight is 446 g/mol. The van der Waals surface area contributed by atoms with Gasteiger partial charge in [-0.2, -0.15) is 5.26 Å². The molecule has 0 spiro atoms. The van der Waals surface area contributed by atoms with E-state index < -0.39 is 47.4 Å². The van der Waals surface area contributed by atoms with Crippen LogP contribution in [0.4, 0.5) is 9.18 Å². The van der Waals surface area contributed by atoms with Crippen molar-refractivity contribution in [1.29, 1.82) is 5.26 Å². The van der Waals surface area contributed by atoms with Crippen molar-refractivity contribution >= 4 is 41.2 Å². The van der Waals surface area contributed by atoms with Crippen molar-refractivity contribution in [2.24, 2.45) is 17.4 Å². The number of hydrogen-bond acceptors (Lipinski definition) is 8. The number of fused-ring (bicyclic) bond motifs is 1. The lowest BCUT2D eigenvalue weighted by atomic mass is 9.89. The molecule has 2 aliphatic rings. The van der Waals surface area contributed by atoms with E-state index in [1.807, 2.05) is 0 Å². The molecule has 9 nitrogen and oxygen atoms in total. The van der Waals surface area contributed by atoms with Gasteiger partial charge in [-0.3, -0.25) is 0 Å². The smallest absolute Gasteiger partial charge is 0.426 e. The number of primary amides is 1. The fourth-order valence-electron chi connectivity index (χ4n) is 3.62. The summed E-state index contributed by atoms with van der Waals surface area (Å²) >= 11 is 11.8. The Balaban J connectivity index is 1.75. The van der Waals surface area contributed by atoms with Gasteiger partial charge < -0.3 is 25.7 Å². The van der Waals surface area contributed by atoms with Gasteiger partial charge in [0.2, 0.25) is 0 Å². The van der Waals surface area contributed by atoms with Gasteiger partial charge >= 0.3 is 18.0 Å². The van der Waals surface area contributed by atoms with Crippen LogP contribution in [0, 0.1) is 17.2 Å². The second kappa shape index (κ2) is 7.42. The Hall–Kier alpha value is -2.45. The molecule has 154 valence electrons. The summed E-state index contributed by atoms with van der Waals surface area (Å²) in [5.41, 5.74) is 7.17. The van der Waals surface area contributed by atoms with Crippen molar-refractivity contribution in [1.82, 2.24) is 0 Å². The van der Waals surface area contributed by atoms with E-state index in [-0.39, 0.29) is 13.0 Å². The van der Waals surface area contributed by atoms with Gasteiger partial charge in [0.05, 0.1) is 28.8 Å². The molecule has 4 N–H and O–H groups in total. The zero-order chi connectivity index (χ0) is 21.6. The number of amides is 1. The van der Waals surface area contributed by atoms with E-state index in [1.165, 1.54) is 0 Å². The molecule has 1 amide bonds. The van der Waals surface area contributed by atoms with E-state index >= 15 is 0 Å². The van der Waals surface area contributed by atoms with Crippen LogP contribution in [0.1, 0.15) is 12.0 Å². The van der Waals surface area contributed by atoms with Crippen LogP contribution < -0.4 is 11.5 Å². The third kappa shape index (κ3) is 3.40. The van der Waals surface area contributed by atoms with Crippen molar-refractivity contribution in [3.8, 4) is 6.07 Å². The number of esters is 2. The molecule has 29 heavy (non-hydrogen) atoms. The molecule has 0 aliphatic heterocycles. The maximum atomic E-state index is 14.4. The van der Waals surface area contributed by atoms with Crippen molar-refractivity contribution in [3.05, 3.63) is 33.8 Å². The molecule has 3 rings (SSSR count). The Bertz CT molecular complexity index is 940. The number of halogens is 3. The van der Waals surface area contributed by atoms with Gasteiger partial charge in [0.25, 0.3) is 0 Å². The number of hydrogen-bond donors (Lipinski definition) is 2. The molecule has 0 bridgehead atoms. The summed E-state index contributed by atoms with van der Waals surface area (Å²) in [6.07, 6.45) is -4.38. The molecule has 1 aromatic carbocycles. The molecule has 0 unspecified atom stereocenters. The fourth-order valence-corrected chi connectivity index (χ4v) is 3.94. The van der Waals surface area contributed by atoms with Gasteiger partial charge in [-0.15, -0.1) is 0 Å². The van der Waals surface area contributed by atoms with Crippen molar-refractivity contribution in [3.63, 3.8) is 0 Å². The minimum atomic E-state index is -2.10. The van der Waals surface area contributed by atoms with Gasteiger partial charge in [-0.1, -0.05) is 29.3 Å². The highest BCUT2D eigenvalue weighted by Crippen LogP contribution is 2.64. The molecule has 5 atom stereocenters. The third-order valence-electron chi connectivity index (χ3n) is 5.07. The second-order valence-electron chi connectivity index (χ2n) is 6.66. The SMILES string of the molecule is N#C[C@]1(N)[C@H](OCc2ccc(Cl)c(Cl)c2)C[C@H]2[C@@H](F)[C@@]21OC(=O)C(=O)OC(N)=O. The number of carbonyl (C=O) groups excluding carboxylic acids is 3. The maximum Gasteiger partial charge on any atom is 0.426 e. The molecule has 12 heteroatoms. The molecular weight excluding hydrogens is 432 g/mol. The maximum absolute atomic E-state index is 14.4. The molecule has 0 aromatic heterocycles. The van der Waals surface area contributed by atoms with Crippen molar-refractivity contribution in [2.75, 3.05) is 0 Å². The number of rotatable bonds is 4. The van der Waals surface area contributed by atoms with E-state index in [0.29, 0.717) is 15.6 Å². The van der Waals surface area contributed by atoms with Gasteiger partial charge in [0.1, 0.15) is 0 Å². The minimum absolute atomic E-state index is 0.0282. The van der Waals surface area contributed by atoms with E-state index in [2.05, 4.69) is 10.5 Å². The first-order chi connectivity index (χ1) is 13.6. The summed E-state index contributed by atoms with van der Waals surface area (Å²) in [5, 5.41) is 10.2. The van der Waals surface area contributed by atoms with Gasteiger partial charge in [0, 0.05) is 5.92 Å². The highest BCUT2D eigenvalue weighted by molar-refractivity contribution is 6.42. The molecule has 0 heterocycles. The lowest BCUT2D eigenvalue weighted by Crippen LogP contribution is -2.61. The Kier molecular flexibility index (Phi) is 5.44. The van der Waals surface area contributed by atoms with Crippen LogP contribution in [0.15, 0.2) is 18.2 Å².